The maximum atomic E-state index is 12.8. The van der Waals surface area contributed by atoms with E-state index in [2.05, 4.69) is 10.1 Å². The maximum Gasteiger partial charge on any atom is 0.387 e. The number of halogens is 3. The third-order valence-corrected chi connectivity index (χ3v) is 4.71. The second-order valence-corrected chi connectivity index (χ2v) is 7.05. The lowest BCUT2D eigenvalue weighted by atomic mass is 10.2. The Bertz CT molecular complexity index is 859. The van der Waals surface area contributed by atoms with Gasteiger partial charge >= 0.3 is 12.6 Å². The molecule has 2 aromatic rings. The highest BCUT2D eigenvalue weighted by molar-refractivity contribution is 6.30. The van der Waals surface area contributed by atoms with E-state index < -0.39 is 6.61 Å². The number of rotatable bonds is 7. The minimum Gasteiger partial charge on any atom is -0.493 e. The number of nitrogens with zero attached hydrogens (tertiary/aromatic N) is 1. The fourth-order valence-corrected chi connectivity index (χ4v) is 3.13. The standard InChI is InChI=1S/C20H21ClF2N2O3/c1-12-9-14(21)4-7-16(12)24-20(26)25(15-5-6-15)11-13-3-8-17(28-19(22)23)18(10-13)27-2/h3-4,7-10,15,19H,5-6,11H2,1-2H3,(H,24,26). The molecule has 0 atom stereocenters. The zero-order chi connectivity index (χ0) is 20.3. The summed E-state index contributed by atoms with van der Waals surface area (Å²) in [6.07, 6.45) is 1.85. The van der Waals surface area contributed by atoms with Crippen LogP contribution in [0.4, 0.5) is 19.3 Å². The number of ether oxygens (including phenoxy) is 2. The number of aryl methyl sites for hydroxylation is 1. The fourth-order valence-electron chi connectivity index (χ4n) is 2.91. The van der Waals surface area contributed by atoms with Gasteiger partial charge in [-0.3, -0.25) is 0 Å². The van der Waals surface area contributed by atoms with Crippen molar-refractivity contribution in [2.24, 2.45) is 0 Å². The molecule has 150 valence electrons. The van der Waals surface area contributed by atoms with Gasteiger partial charge in [0.1, 0.15) is 0 Å². The Balaban J connectivity index is 1.75. The molecule has 1 N–H and O–H groups in total. The normalized spacial score (nSPS) is 13.4. The summed E-state index contributed by atoms with van der Waals surface area (Å²) in [5.74, 6) is 0.156. The van der Waals surface area contributed by atoms with Gasteiger partial charge in [0.15, 0.2) is 11.5 Å². The van der Waals surface area contributed by atoms with Crippen molar-refractivity contribution in [2.45, 2.75) is 39.0 Å². The van der Waals surface area contributed by atoms with E-state index in [-0.39, 0.29) is 23.6 Å². The quantitative estimate of drug-likeness (QED) is 0.659. The first-order valence-electron chi connectivity index (χ1n) is 8.83. The summed E-state index contributed by atoms with van der Waals surface area (Å²) >= 11 is 5.96. The third kappa shape index (κ3) is 5.04. The summed E-state index contributed by atoms with van der Waals surface area (Å²) in [4.78, 5) is 14.6. The molecule has 5 nitrogen and oxygen atoms in total. The van der Waals surface area contributed by atoms with Crippen molar-refractivity contribution in [3.05, 3.63) is 52.5 Å². The summed E-state index contributed by atoms with van der Waals surface area (Å²) < 4.78 is 34.6. The monoisotopic (exact) mass is 410 g/mol. The highest BCUT2D eigenvalue weighted by Gasteiger charge is 2.33. The van der Waals surface area contributed by atoms with Crippen LogP contribution in [-0.2, 0) is 6.54 Å². The Morgan fingerprint density at radius 3 is 2.61 bits per heavy atom. The van der Waals surface area contributed by atoms with Crippen LogP contribution in [0, 0.1) is 6.92 Å². The van der Waals surface area contributed by atoms with Gasteiger partial charge in [-0.15, -0.1) is 0 Å². The van der Waals surface area contributed by atoms with Gasteiger partial charge in [-0.1, -0.05) is 17.7 Å². The predicted octanol–water partition coefficient (Wildman–Crippen LogP) is 5.45. The average molecular weight is 411 g/mol. The molecule has 28 heavy (non-hydrogen) atoms. The minimum atomic E-state index is -2.93. The molecule has 0 unspecified atom stereocenters. The zero-order valence-electron chi connectivity index (χ0n) is 15.5. The van der Waals surface area contributed by atoms with Crippen LogP contribution in [0.15, 0.2) is 36.4 Å². The van der Waals surface area contributed by atoms with E-state index in [1.165, 1.54) is 13.2 Å². The number of carbonyl (C=O) groups is 1. The smallest absolute Gasteiger partial charge is 0.387 e. The van der Waals surface area contributed by atoms with Crippen LogP contribution < -0.4 is 14.8 Å². The summed E-state index contributed by atoms with van der Waals surface area (Å²) in [6, 6.07) is 9.87. The van der Waals surface area contributed by atoms with Crippen molar-refractivity contribution in [3.8, 4) is 11.5 Å². The van der Waals surface area contributed by atoms with E-state index in [0.29, 0.717) is 17.3 Å². The molecule has 1 aliphatic carbocycles. The molecular weight excluding hydrogens is 390 g/mol. The number of nitrogens with one attached hydrogen (secondary N) is 1. The largest absolute Gasteiger partial charge is 0.493 e. The molecule has 0 aliphatic heterocycles. The molecule has 3 rings (SSSR count). The SMILES string of the molecule is COc1cc(CN(C(=O)Nc2ccc(Cl)cc2C)C2CC2)ccc1OC(F)F. The highest BCUT2D eigenvalue weighted by Crippen LogP contribution is 2.33. The number of urea groups is 1. The van der Waals surface area contributed by atoms with Gasteiger partial charge in [-0.05, 0) is 61.2 Å². The van der Waals surface area contributed by atoms with Crippen LogP contribution in [0.5, 0.6) is 11.5 Å². The van der Waals surface area contributed by atoms with Crippen LogP contribution in [-0.4, -0.2) is 30.7 Å². The molecule has 2 aromatic carbocycles. The van der Waals surface area contributed by atoms with E-state index >= 15 is 0 Å². The van der Waals surface area contributed by atoms with Crippen molar-refractivity contribution in [1.29, 1.82) is 0 Å². The number of amides is 2. The second kappa shape index (κ2) is 8.65. The molecule has 0 aromatic heterocycles. The lowest BCUT2D eigenvalue weighted by Crippen LogP contribution is -2.36. The van der Waals surface area contributed by atoms with E-state index in [9.17, 15) is 13.6 Å². The van der Waals surface area contributed by atoms with Crippen LogP contribution in [0.2, 0.25) is 5.02 Å². The predicted molar refractivity (Wildman–Crippen MR) is 103 cm³/mol. The van der Waals surface area contributed by atoms with Gasteiger partial charge in [-0.25, -0.2) is 4.79 Å². The van der Waals surface area contributed by atoms with E-state index in [0.717, 1.165) is 24.0 Å². The van der Waals surface area contributed by atoms with Crippen LogP contribution >= 0.6 is 11.6 Å². The van der Waals surface area contributed by atoms with E-state index in [1.54, 1.807) is 35.2 Å². The molecule has 1 fully saturated rings. The van der Waals surface area contributed by atoms with Gasteiger partial charge in [0.25, 0.3) is 0 Å². The zero-order valence-corrected chi connectivity index (χ0v) is 16.3. The Morgan fingerprint density at radius 2 is 2.00 bits per heavy atom. The first-order valence-corrected chi connectivity index (χ1v) is 9.20. The lowest BCUT2D eigenvalue weighted by Gasteiger charge is -2.24. The number of carbonyl (C=O) groups excluding carboxylic acids is 1. The Labute approximate surface area is 167 Å². The van der Waals surface area contributed by atoms with Crippen molar-refractivity contribution in [3.63, 3.8) is 0 Å². The Hall–Kier alpha value is -2.54. The molecular formula is C20H21ClF2N2O3. The molecule has 0 spiro atoms. The van der Waals surface area contributed by atoms with Crippen LogP contribution in [0.25, 0.3) is 0 Å². The molecule has 0 bridgehead atoms. The van der Waals surface area contributed by atoms with Crippen LogP contribution in [0.3, 0.4) is 0 Å². The first-order chi connectivity index (χ1) is 13.4. The van der Waals surface area contributed by atoms with Crippen molar-refractivity contribution in [1.82, 2.24) is 4.90 Å². The highest BCUT2D eigenvalue weighted by atomic mass is 35.5. The number of anilines is 1. The second-order valence-electron chi connectivity index (χ2n) is 6.61. The molecule has 1 aliphatic rings. The average Bonchev–Trinajstić information content (AvgIpc) is 3.47. The number of methoxy groups -OCH3 is 1. The Kier molecular flexibility index (Phi) is 6.24. The van der Waals surface area contributed by atoms with E-state index in [4.69, 9.17) is 16.3 Å². The summed E-state index contributed by atoms with van der Waals surface area (Å²) in [5.41, 5.74) is 2.32. The summed E-state index contributed by atoms with van der Waals surface area (Å²) in [7, 11) is 1.38. The number of benzene rings is 2. The van der Waals surface area contributed by atoms with Crippen LogP contribution in [0.1, 0.15) is 24.0 Å². The fraction of sp³-hybridized carbons (Fsp3) is 0.350. The maximum absolute atomic E-state index is 12.8. The molecule has 2 amide bonds. The van der Waals surface area contributed by atoms with E-state index in [1.807, 2.05) is 6.92 Å². The van der Waals surface area contributed by atoms with Crippen molar-refractivity contribution < 1.29 is 23.0 Å². The topological polar surface area (TPSA) is 50.8 Å². The summed E-state index contributed by atoms with van der Waals surface area (Å²) in [5, 5.41) is 3.52. The Morgan fingerprint density at radius 1 is 1.25 bits per heavy atom. The molecule has 0 radical (unpaired) electrons. The number of hydrogen-bond acceptors (Lipinski definition) is 3. The van der Waals surface area contributed by atoms with Gasteiger partial charge < -0.3 is 19.7 Å². The van der Waals surface area contributed by atoms with Gasteiger partial charge in [0.2, 0.25) is 0 Å². The van der Waals surface area contributed by atoms with Gasteiger partial charge in [-0.2, -0.15) is 8.78 Å². The molecule has 1 saturated carbocycles. The third-order valence-electron chi connectivity index (χ3n) is 4.48. The number of hydrogen-bond donors (Lipinski definition) is 1. The molecule has 0 heterocycles. The lowest BCUT2D eigenvalue weighted by molar-refractivity contribution is -0.0512. The molecule has 0 saturated heterocycles. The molecule has 8 heteroatoms. The van der Waals surface area contributed by atoms with Gasteiger partial charge in [0.05, 0.1) is 7.11 Å². The minimum absolute atomic E-state index is 0.0412. The van der Waals surface area contributed by atoms with Gasteiger partial charge in [0, 0.05) is 23.3 Å². The van der Waals surface area contributed by atoms with Crippen molar-refractivity contribution >= 4 is 23.3 Å². The summed E-state index contributed by atoms with van der Waals surface area (Å²) in [6.45, 7) is -0.736. The van der Waals surface area contributed by atoms with Crippen molar-refractivity contribution in [2.75, 3.05) is 12.4 Å². The first kappa shape index (κ1) is 20.2. The number of alkyl halides is 2.